The van der Waals surface area contributed by atoms with E-state index in [1.54, 1.807) is 30.3 Å². The Hall–Kier alpha value is -4.23. The number of aryl methyl sites for hydroxylation is 1. The Bertz CT molecular complexity index is 1750. The van der Waals surface area contributed by atoms with E-state index < -0.39 is 91.8 Å². The van der Waals surface area contributed by atoms with Crippen LogP contribution in [0.3, 0.4) is 0 Å². The van der Waals surface area contributed by atoms with Crippen LogP contribution in [0.1, 0.15) is 23.8 Å². The lowest BCUT2D eigenvalue weighted by molar-refractivity contribution is -0.284. The molecule has 3 heterocycles. The van der Waals surface area contributed by atoms with Gasteiger partial charge in [0, 0.05) is 12.1 Å². The molecule has 50 heavy (non-hydrogen) atoms. The van der Waals surface area contributed by atoms with Gasteiger partial charge in [-0.15, -0.1) is 0 Å². The van der Waals surface area contributed by atoms with E-state index >= 15 is 0 Å². The normalized spacial score (nSPS) is 29.9. The highest BCUT2D eigenvalue weighted by atomic mass is 16.7. The number of hydrogen-bond acceptors (Lipinski definition) is 16. The fourth-order valence-electron chi connectivity index (χ4n) is 5.64. The number of ketones is 1. The molecule has 2 aliphatic heterocycles. The number of carbonyl (C=O) groups is 2. The van der Waals surface area contributed by atoms with Gasteiger partial charge in [-0.2, -0.15) is 0 Å². The molecule has 2 aromatic carbocycles. The maximum absolute atomic E-state index is 13.3. The molecule has 2 saturated heterocycles. The molecule has 2 fully saturated rings. The number of Topliss-reactive ketones (excluding diaryl/α,β-unsaturated/α-hetero) is 1. The Morgan fingerprint density at radius 3 is 2.12 bits per heavy atom. The molecule has 0 bridgehead atoms. The molecule has 10 atom stereocenters. The van der Waals surface area contributed by atoms with Gasteiger partial charge in [0.1, 0.15) is 54.3 Å². The molecule has 16 nitrogen and oxygen atoms in total. The molecule has 0 saturated carbocycles. The van der Waals surface area contributed by atoms with Crippen molar-refractivity contribution in [3.05, 3.63) is 75.7 Å². The number of hydrogen-bond donors (Lipinski definition) is 7. The predicted octanol–water partition coefficient (Wildman–Crippen LogP) is -1.15. The summed E-state index contributed by atoms with van der Waals surface area (Å²) >= 11 is 0. The van der Waals surface area contributed by atoms with Gasteiger partial charge < -0.3 is 63.8 Å². The number of aliphatic hydroxyl groups excluding tert-OH is 7. The van der Waals surface area contributed by atoms with Crippen LogP contribution in [-0.4, -0.2) is 122 Å². The van der Waals surface area contributed by atoms with E-state index in [0.717, 1.165) is 12.1 Å². The lowest BCUT2D eigenvalue weighted by Crippen LogP contribution is -2.61. The molecule has 0 amide bonds. The first-order valence-electron chi connectivity index (χ1n) is 15.6. The summed E-state index contributed by atoms with van der Waals surface area (Å²) in [7, 11) is 0. The van der Waals surface area contributed by atoms with Crippen molar-refractivity contribution in [3.8, 4) is 11.5 Å². The topological polar surface area (TPSA) is 252 Å². The Morgan fingerprint density at radius 1 is 0.840 bits per heavy atom. The fraction of sp³-hybridized carbons (Fsp3) is 0.441. The molecular weight excluding hydrogens is 664 g/mol. The van der Waals surface area contributed by atoms with E-state index in [9.17, 15) is 50.1 Å². The highest BCUT2D eigenvalue weighted by Gasteiger charge is 2.49. The van der Waals surface area contributed by atoms with Gasteiger partial charge in [0.15, 0.2) is 22.9 Å². The van der Waals surface area contributed by atoms with Gasteiger partial charge in [0.05, 0.1) is 25.0 Å². The van der Waals surface area contributed by atoms with Crippen LogP contribution in [0, 0.1) is 6.92 Å². The third-order valence-electron chi connectivity index (χ3n) is 8.21. The molecule has 0 radical (unpaired) electrons. The minimum Gasteiger partial charge on any atom is -0.458 e. The Kier molecular flexibility index (Phi) is 11.7. The predicted molar refractivity (Wildman–Crippen MR) is 170 cm³/mol. The van der Waals surface area contributed by atoms with Crippen LogP contribution >= 0.6 is 0 Å². The molecule has 0 spiro atoms. The number of carbonyl (C=O) groups excluding carboxylic acids is 2. The summed E-state index contributed by atoms with van der Waals surface area (Å²) in [6.07, 6.45) is -15.0. The number of esters is 1. The smallest absolute Gasteiger partial charge is 0.331 e. The summed E-state index contributed by atoms with van der Waals surface area (Å²) in [6.45, 7) is 1.21. The zero-order valence-electron chi connectivity index (χ0n) is 26.9. The summed E-state index contributed by atoms with van der Waals surface area (Å²) in [5, 5.41) is 72.5. The Balaban J connectivity index is 1.60. The van der Waals surface area contributed by atoms with Crippen LogP contribution in [-0.2, 0) is 30.2 Å². The Labute approximate surface area is 284 Å². The number of aliphatic hydroxyl groups is 7. The van der Waals surface area contributed by atoms with Crippen molar-refractivity contribution in [2.24, 2.45) is 0 Å². The monoisotopic (exact) mass is 702 g/mol. The number of fused-ring (bicyclic) bond motifs is 1. The van der Waals surface area contributed by atoms with Crippen molar-refractivity contribution in [2.75, 3.05) is 13.2 Å². The molecule has 0 aliphatic carbocycles. The van der Waals surface area contributed by atoms with Crippen molar-refractivity contribution in [2.45, 2.75) is 81.7 Å². The van der Waals surface area contributed by atoms with Gasteiger partial charge in [-0.1, -0.05) is 30.3 Å². The van der Waals surface area contributed by atoms with Crippen LogP contribution in [0.25, 0.3) is 17.0 Å². The molecule has 270 valence electrons. The van der Waals surface area contributed by atoms with Crippen molar-refractivity contribution in [1.29, 1.82) is 0 Å². The van der Waals surface area contributed by atoms with E-state index in [2.05, 4.69) is 0 Å². The van der Waals surface area contributed by atoms with Gasteiger partial charge in [0.2, 0.25) is 18.3 Å². The molecule has 2 aliphatic rings. The first kappa shape index (κ1) is 37.0. The Morgan fingerprint density at radius 2 is 1.48 bits per heavy atom. The summed E-state index contributed by atoms with van der Waals surface area (Å²) in [5.74, 6) is -2.20. The third-order valence-corrected chi connectivity index (χ3v) is 8.21. The fourth-order valence-corrected chi connectivity index (χ4v) is 5.64. The standard InChI is InChI=1S/C34H38O16/c1-15-10-20(46-33-29(44)27(42)25(40)21(13-35)47-33)30(31-24(15)19(38)12-18(45-31)11-16(2)37)50-34-32(28(43)26(41)22(14-36)48-34)49-23(39)9-8-17-6-4-3-5-7-17/h3-10,12,21-22,25-29,32-36,40-44H,11,13-14H2,1-2H3/t21-,22-,25-,26-,27+,28+,29-,32-,33-,34+/m1/s1. The molecule has 16 heteroatoms. The summed E-state index contributed by atoms with van der Waals surface area (Å²) in [4.78, 5) is 38.2. The van der Waals surface area contributed by atoms with Gasteiger partial charge in [-0.25, -0.2) is 4.79 Å². The lowest BCUT2D eigenvalue weighted by atomic mass is 9.99. The quantitative estimate of drug-likeness (QED) is 0.0921. The van der Waals surface area contributed by atoms with E-state index in [0.29, 0.717) is 5.56 Å². The first-order valence-corrected chi connectivity index (χ1v) is 15.6. The van der Waals surface area contributed by atoms with Crippen molar-refractivity contribution in [3.63, 3.8) is 0 Å². The van der Waals surface area contributed by atoms with E-state index in [-0.39, 0.29) is 40.2 Å². The van der Waals surface area contributed by atoms with Crippen LogP contribution in [0.2, 0.25) is 0 Å². The number of benzene rings is 2. The SMILES string of the molecule is CC(=O)Cc1cc(=O)c2c(C)cc(O[C@@H]3O[C@H](CO)[C@@H](O)[C@H](O)[C@H]3O)c(O[C@@H]3O[C@H](CO)[C@@H](O)[C@H](O)[C@H]3OC(=O)C=Cc3ccccc3)c2o1. The van der Waals surface area contributed by atoms with Gasteiger partial charge in [-0.3, -0.25) is 9.59 Å². The average Bonchev–Trinajstić information content (AvgIpc) is 3.08. The van der Waals surface area contributed by atoms with Crippen molar-refractivity contribution in [1.82, 2.24) is 0 Å². The molecule has 3 aromatic rings. The number of ether oxygens (including phenoxy) is 5. The van der Waals surface area contributed by atoms with Crippen LogP contribution < -0.4 is 14.9 Å². The second-order valence-corrected chi connectivity index (χ2v) is 12.0. The second kappa shape index (κ2) is 15.8. The van der Waals surface area contributed by atoms with Gasteiger partial charge in [-0.05, 0) is 37.1 Å². The van der Waals surface area contributed by atoms with Gasteiger partial charge >= 0.3 is 5.97 Å². The molecule has 0 unspecified atom stereocenters. The second-order valence-electron chi connectivity index (χ2n) is 12.0. The minimum atomic E-state index is -1.88. The maximum atomic E-state index is 13.3. The van der Waals surface area contributed by atoms with Crippen LogP contribution in [0.15, 0.2) is 57.8 Å². The summed E-state index contributed by atoms with van der Waals surface area (Å²) in [6, 6.07) is 11.1. The van der Waals surface area contributed by atoms with Gasteiger partial charge in [0.25, 0.3) is 0 Å². The highest BCUT2D eigenvalue weighted by molar-refractivity contribution is 5.89. The lowest BCUT2D eigenvalue weighted by Gasteiger charge is -2.41. The van der Waals surface area contributed by atoms with E-state index in [1.807, 2.05) is 0 Å². The maximum Gasteiger partial charge on any atom is 0.331 e. The van der Waals surface area contributed by atoms with Crippen LogP contribution in [0.4, 0.5) is 0 Å². The van der Waals surface area contributed by atoms with E-state index in [4.69, 9.17) is 28.1 Å². The molecule has 1 aromatic heterocycles. The molecular formula is C34H38O16. The van der Waals surface area contributed by atoms with Crippen LogP contribution in [0.5, 0.6) is 11.5 Å². The zero-order chi connectivity index (χ0) is 36.3. The third kappa shape index (κ3) is 7.88. The molecule has 7 N–H and O–H groups in total. The zero-order valence-corrected chi connectivity index (χ0v) is 26.9. The van der Waals surface area contributed by atoms with Crippen molar-refractivity contribution >= 4 is 28.8 Å². The largest absolute Gasteiger partial charge is 0.458 e. The number of rotatable bonds is 11. The summed E-state index contributed by atoms with van der Waals surface area (Å²) < 4.78 is 34.7. The van der Waals surface area contributed by atoms with E-state index in [1.165, 1.54) is 26.0 Å². The highest BCUT2D eigenvalue weighted by Crippen LogP contribution is 2.41. The molecule has 5 rings (SSSR count). The van der Waals surface area contributed by atoms with Crippen molar-refractivity contribution < 1.29 is 73.4 Å². The summed E-state index contributed by atoms with van der Waals surface area (Å²) in [5.41, 5.74) is -0.00778. The average molecular weight is 703 g/mol. The minimum absolute atomic E-state index is 0.0529. The first-order chi connectivity index (χ1) is 23.8.